The monoisotopic (exact) mass is 317 g/mol. The van der Waals surface area contributed by atoms with E-state index in [1.165, 1.54) is 5.56 Å². The van der Waals surface area contributed by atoms with E-state index in [2.05, 4.69) is 31.0 Å². The Kier molecular flexibility index (Phi) is 3.92. The van der Waals surface area contributed by atoms with Crippen LogP contribution in [0.25, 0.3) is 5.57 Å². The molecule has 2 aromatic rings. The van der Waals surface area contributed by atoms with E-state index in [-0.39, 0.29) is 0 Å². The van der Waals surface area contributed by atoms with Crippen molar-refractivity contribution in [2.45, 2.75) is 32.6 Å². The van der Waals surface area contributed by atoms with E-state index in [4.69, 9.17) is 0 Å². The fourth-order valence-electron chi connectivity index (χ4n) is 2.80. The molecule has 0 bridgehead atoms. The minimum Gasteiger partial charge on any atom is -0.370 e. The van der Waals surface area contributed by atoms with Crippen molar-refractivity contribution in [1.82, 2.24) is 4.90 Å². The summed E-state index contributed by atoms with van der Waals surface area (Å²) in [5, 5.41) is 0. The molecule has 23 heavy (non-hydrogen) atoms. The van der Waals surface area contributed by atoms with E-state index in [1.807, 2.05) is 18.2 Å². The highest BCUT2D eigenvalue weighted by atomic mass is 19.4. The largest absolute Gasteiger partial charge is 0.416 e. The van der Waals surface area contributed by atoms with Crippen LogP contribution >= 0.6 is 0 Å². The molecule has 1 aliphatic rings. The van der Waals surface area contributed by atoms with Gasteiger partial charge in [-0.05, 0) is 42.7 Å². The molecule has 0 aromatic heterocycles. The van der Waals surface area contributed by atoms with Gasteiger partial charge in [-0.2, -0.15) is 13.2 Å². The molecule has 0 spiro atoms. The van der Waals surface area contributed by atoms with E-state index in [0.29, 0.717) is 6.04 Å². The Bertz CT molecular complexity index is 727. The van der Waals surface area contributed by atoms with Gasteiger partial charge < -0.3 is 4.90 Å². The van der Waals surface area contributed by atoms with Crippen LogP contribution in [0.5, 0.6) is 0 Å². The van der Waals surface area contributed by atoms with Gasteiger partial charge in [-0.3, -0.25) is 0 Å². The number of hydrogen-bond donors (Lipinski definition) is 0. The van der Waals surface area contributed by atoms with Crippen LogP contribution in [0.4, 0.5) is 13.2 Å². The van der Waals surface area contributed by atoms with Crippen LogP contribution in [0.3, 0.4) is 0 Å². The fraction of sp³-hybridized carbons (Fsp3) is 0.263. The first kappa shape index (κ1) is 15.7. The van der Waals surface area contributed by atoms with Crippen molar-refractivity contribution in [3.05, 3.63) is 77.0 Å². The number of benzene rings is 2. The highest BCUT2D eigenvalue weighted by Gasteiger charge is 2.30. The minimum atomic E-state index is -4.30. The third-order valence-electron chi connectivity index (χ3n) is 4.14. The normalized spacial score (nSPS) is 14.7. The molecule has 0 atom stereocenters. The molecule has 4 heteroatoms. The van der Waals surface area contributed by atoms with E-state index in [9.17, 15) is 13.2 Å². The Balaban J connectivity index is 2.05. The number of nitrogens with zero attached hydrogens (tertiary/aromatic N) is 1. The predicted molar refractivity (Wildman–Crippen MR) is 85.6 cm³/mol. The lowest BCUT2D eigenvalue weighted by molar-refractivity contribution is -0.137. The van der Waals surface area contributed by atoms with Gasteiger partial charge in [-0.1, -0.05) is 36.4 Å². The van der Waals surface area contributed by atoms with Crippen molar-refractivity contribution in [2.75, 3.05) is 0 Å². The van der Waals surface area contributed by atoms with E-state index >= 15 is 0 Å². The van der Waals surface area contributed by atoms with E-state index in [0.717, 1.165) is 35.4 Å². The Morgan fingerprint density at radius 2 is 1.61 bits per heavy atom. The minimum absolute atomic E-state index is 0.327. The average Bonchev–Trinajstić information content (AvgIpc) is 2.53. The summed E-state index contributed by atoms with van der Waals surface area (Å²) in [6.07, 6.45) is -2.25. The standard InChI is InChI=1S/C19H18F3N/c1-13(2)23-11-15-5-3-4-6-17(15)18(12-23)14-7-9-16(10-8-14)19(20,21)22/h3-10,12-13H,11H2,1-2H3. The Morgan fingerprint density at radius 1 is 0.957 bits per heavy atom. The second kappa shape index (κ2) is 5.76. The second-order valence-electron chi connectivity index (χ2n) is 6.04. The summed E-state index contributed by atoms with van der Waals surface area (Å²) in [5.74, 6) is 0. The van der Waals surface area contributed by atoms with Gasteiger partial charge in [0.05, 0.1) is 5.56 Å². The molecule has 0 N–H and O–H groups in total. The summed E-state index contributed by atoms with van der Waals surface area (Å²) in [6, 6.07) is 13.8. The maximum atomic E-state index is 12.7. The van der Waals surface area contributed by atoms with Crippen LogP contribution < -0.4 is 0 Å². The molecule has 2 aromatic carbocycles. The summed E-state index contributed by atoms with van der Waals surface area (Å²) in [7, 11) is 0. The van der Waals surface area contributed by atoms with Crippen LogP contribution in [-0.4, -0.2) is 10.9 Å². The Labute approximate surface area is 134 Å². The molecular formula is C19H18F3N. The van der Waals surface area contributed by atoms with Gasteiger partial charge in [0.1, 0.15) is 0 Å². The second-order valence-corrected chi connectivity index (χ2v) is 6.04. The quantitative estimate of drug-likeness (QED) is 0.724. The summed E-state index contributed by atoms with van der Waals surface area (Å²) < 4.78 is 38.2. The van der Waals surface area contributed by atoms with Gasteiger partial charge in [0.15, 0.2) is 0 Å². The SMILES string of the molecule is CC(C)N1C=C(c2ccc(C(F)(F)F)cc2)c2ccccc2C1. The van der Waals surface area contributed by atoms with Crippen molar-refractivity contribution in [3.8, 4) is 0 Å². The maximum absolute atomic E-state index is 12.7. The van der Waals surface area contributed by atoms with Crippen LogP contribution in [0.15, 0.2) is 54.7 Å². The molecule has 1 nitrogen and oxygen atoms in total. The summed E-state index contributed by atoms with van der Waals surface area (Å²) in [4.78, 5) is 2.20. The molecule has 0 radical (unpaired) electrons. The lowest BCUT2D eigenvalue weighted by atomic mass is 9.91. The zero-order chi connectivity index (χ0) is 16.6. The third-order valence-corrected chi connectivity index (χ3v) is 4.14. The van der Waals surface area contributed by atoms with Gasteiger partial charge in [0, 0.05) is 24.4 Å². The number of alkyl halides is 3. The summed E-state index contributed by atoms with van der Waals surface area (Å²) in [5.41, 5.74) is 3.43. The first-order chi connectivity index (χ1) is 10.9. The number of hydrogen-bond acceptors (Lipinski definition) is 1. The van der Waals surface area contributed by atoms with Crippen LogP contribution in [0, 0.1) is 0 Å². The van der Waals surface area contributed by atoms with Gasteiger partial charge in [0.25, 0.3) is 0 Å². The van der Waals surface area contributed by atoms with Gasteiger partial charge in [-0.25, -0.2) is 0 Å². The highest BCUT2D eigenvalue weighted by Crippen LogP contribution is 2.35. The fourth-order valence-corrected chi connectivity index (χ4v) is 2.80. The zero-order valence-corrected chi connectivity index (χ0v) is 13.1. The first-order valence-electron chi connectivity index (χ1n) is 7.60. The zero-order valence-electron chi connectivity index (χ0n) is 13.1. The lowest BCUT2D eigenvalue weighted by Crippen LogP contribution is -2.28. The van der Waals surface area contributed by atoms with Crippen molar-refractivity contribution in [1.29, 1.82) is 0 Å². The number of halogens is 3. The average molecular weight is 317 g/mol. The number of fused-ring (bicyclic) bond motifs is 1. The van der Waals surface area contributed by atoms with Crippen molar-refractivity contribution >= 4 is 5.57 Å². The summed E-state index contributed by atoms with van der Waals surface area (Å²) >= 11 is 0. The molecular weight excluding hydrogens is 299 g/mol. The predicted octanol–water partition coefficient (Wildman–Crippen LogP) is 5.32. The molecule has 1 heterocycles. The molecule has 0 saturated heterocycles. The first-order valence-corrected chi connectivity index (χ1v) is 7.60. The lowest BCUT2D eigenvalue weighted by Gasteiger charge is -2.32. The van der Waals surface area contributed by atoms with Crippen molar-refractivity contribution < 1.29 is 13.2 Å². The molecule has 3 rings (SSSR count). The molecule has 0 saturated carbocycles. The van der Waals surface area contributed by atoms with E-state index < -0.39 is 11.7 Å². The van der Waals surface area contributed by atoms with Crippen molar-refractivity contribution in [3.63, 3.8) is 0 Å². The third kappa shape index (κ3) is 3.11. The molecule has 1 aliphatic heterocycles. The number of rotatable bonds is 2. The van der Waals surface area contributed by atoms with Gasteiger partial charge >= 0.3 is 6.18 Å². The maximum Gasteiger partial charge on any atom is 0.416 e. The molecule has 0 aliphatic carbocycles. The molecule has 0 amide bonds. The smallest absolute Gasteiger partial charge is 0.370 e. The highest BCUT2D eigenvalue weighted by molar-refractivity contribution is 5.82. The van der Waals surface area contributed by atoms with Crippen LogP contribution in [0.1, 0.15) is 36.1 Å². The van der Waals surface area contributed by atoms with Crippen molar-refractivity contribution in [2.24, 2.45) is 0 Å². The van der Waals surface area contributed by atoms with Gasteiger partial charge in [0.2, 0.25) is 0 Å². The van der Waals surface area contributed by atoms with Crippen LogP contribution in [-0.2, 0) is 12.7 Å². The Hall–Kier alpha value is -2.23. The molecule has 0 unspecified atom stereocenters. The summed E-state index contributed by atoms with van der Waals surface area (Å²) in [6.45, 7) is 5.03. The van der Waals surface area contributed by atoms with E-state index in [1.54, 1.807) is 12.1 Å². The molecule has 120 valence electrons. The van der Waals surface area contributed by atoms with Gasteiger partial charge in [-0.15, -0.1) is 0 Å². The Morgan fingerprint density at radius 3 is 2.22 bits per heavy atom. The topological polar surface area (TPSA) is 3.24 Å². The van der Waals surface area contributed by atoms with Crippen LogP contribution in [0.2, 0.25) is 0 Å². The molecule has 0 fully saturated rings.